The molecule has 2 aromatic carbocycles. The zero-order chi connectivity index (χ0) is 22.7. The van der Waals surface area contributed by atoms with E-state index >= 15 is 0 Å². The molecular formula is C25H25N5O2. The first-order valence-electron chi connectivity index (χ1n) is 10.6. The molecule has 0 aliphatic rings. The fourth-order valence-corrected chi connectivity index (χ4v) is 3.77. The highest BCUT2D eigenvalue weighted by Gasteiger charge is 2.27. The van der Waals surface area contributed by atoms with Crippen LogP contribution in [0.2, 0.25) is 0 Å². The van der Waals surface area contributed by atoms with Gasteiger partial charge in [-0.2, -0.15) is 5.10 Å². The lowest BCUT2D eigenvalue weighted by molar-refractivity contribution is -0.117. The molecule has 0 aliphatic carbocycles. The number of Topliss-reactive ketones (excluding diaryl/α,β-unsaturated/α-hetero) is 1. The number of carbonyl (C=O) groups is 2. The first kappa shape index (κ1) is 21.2. The number of amides is 1. The SMILES string of the molecule is CCC(NC(=O)C(=O)c1c(C)nn(-c2ccccc2)c1C)c1ncc(-c2ccccc2)[nH]1. The minimum Gasteiger partial charge on any atom is -0.340 e. The van der Waals surface area contributed by atoms with E-state index in [1.54, 1.807) is 24.7 Å². The number of rotatable bonds is 7. The molecule has 4 aromatic rings. The summed E-state index contributed by atoms with van der Waals surface area (Å²) >= 11 is 0. The van der Waals surface area contributed by atoms with Crippen molar-refractivity contribution in [3.8, 4) is 16.9 Å². The monoisotopic (exact) mass is 427 g/mol. The zero-order valence-electron chi connectivity index (χ0n) is 18.3. The highest BCUT2D eigenvalue weighted by molar-refractivity contribution is 6.43. The molecule has 162 valence electrons. The zero-order valence-corrected chi connectivity index (χ0v) is 18.3. The number of nitrogens with one attached hydrogen (secondary N) is 2. The summed E-state index contributed by atoms with van der Waals surface area (Å²) in [4.78, 5) is 33.6. The van der Waals surface area contributed by atoms with E-state index < -0.39 is 17.7 Å². The van der Waals surface area contributed by atoms with Crippen molar-refractivity contribution in [1.29, 1.82) is 0 Å². The standard InChI is InChI=1S/C25H25N5O2/c1-4-20(24-26-15-21(27-24)18-11-7-5-8-12-18)28-25(32)23(31)22-16(2)29-30(17(22)3)19-13-9-6-10-14-19/h5-15,20H,4H2,1-3H3,(H,26,27)(H,28,32). The van der Waals surface area contributed by atoms with E-state index in [2.05, 4.69) is 20.4 Å². The van der Waals surface area contributed by atoms with Crippen molar-refractivity contribution in [3.63, 3.8) is 0 Å². The van der Waals surface area contributed by atoms with Crippen LogP contribution >= 0.6 is 0 Å². The summed E-state index contributed by atoms with van der Waals surface area (Å²) in [5.74, 6) is -0.662. The Hall–Kier alpha value is -4.00. The van der Waals surface area contributed by atoms with Gasteiger partial charge in [-0.25, -0.2) is 9.67 Å². The second-order valence-corrected chi connectivity index (χ2v) is 7.60. The lowest BCUT2D eigenvalue weighted by atomic mass is 10.1. The second-order valence-electron chi connectivity index (χ2n) is 7.60. The van der Waals surface area contributed by atoms with Crippen molar-refractivity contribution in [2.45, 2.75) is 33.2 Å². The number of hydrogen-bond donors (Lipinski definition) is 2. The number of aryl methyl sites for hydroxylation is 1. The molecule has 1 amide bonds. The van der Waals surface area contributed by atoms with Crippen molar-refractivity contribution >= 4 is 11.7 Å². The molecule has 7 heteroatoms. The molecule has 32 heavy (non-hydrogen) atoms. The number of imidazole rings is 1. The number of carbonyl (C=O) groups excluding carboxylic acids is 2. The third-order valence-electron chi connectivity index (χ3n) is 5.45. The number of H-pyrrole nitrogens is 1. The van der Waals surface area contributed by atoms with Gasteiger partial charge >= 0.3 is 0 Å². The quantitative estimate of drug-likeness (QED) is 0.339. The molecule has 0 spiro atoms. The van der Waals surface area contributed by atoms with Crippen LogP contribution in [0.4, 0.5) is 0 Å². The lowest BCUT2D eigenvalue weighted by Crippen LogP contribution is -2.35. The minimum absolute atomic E-state index is 0.325. The van der Waals surface area contributed by atoms with Gasteiger partial charge in [0.1, 0.15) is 5.82 Å². The molecule has 0 radical (unpaired) electrons. The maximum atomic E-state index is 13.0. The van der Waals surface area contributed by atoms with Crippen LogP contribution in [0.5, 0.6) is 0 Å². The van der Waals surface area contributed by atoms with Crippen molar-refractivity contribution < 1.29 is 9.59 Å². The predicted octanol–water partition coefficient (Wildman–Crippen LogP) is 4.33. The van der Waals surface area contributed by atoms with E-state index in [9.17, 15) is 9.59 Å². The van der Waals surface area contributed by atoms with E-state index in [0.717, 1.165) is 16.9 Å². The average Bonchev–Trinajstić information content (AvgIpc) is 3.42. The van der Waals surface area contributed by atoms with Crippen molar-refractivity contribution in [2.75, 3.05) is 0 Å². The summed E-state index contributed by atoms with van der Waals surface area (Å²) in [5.41, 5.74) is 4.17. The van der Waals surface area contributed by atoms with Gasteiger partial charge in [-0.3, -0.25) is 9.59 Å². The Morgan fingerprint density at radius 2 is 1.69 bits per heavy atom. The minimum atomic E-state index is -0.673. The van der Waals surface area contributed by atoms with E-state index in [4.69, 9.17) is 0 Å². The van der Waals surface area contributed by atoms with Gasteiger partial charge in [-0.1, -0.05) is 55.5 Å². The number of benzene rings is 2. The van der Waals surface area contributed by atoms with Crippen LogP contribution in [-0.4, -0.2) is 31.4 Å². The fraction of sp³-hybridized carbons (Fsp3) is 0.200. The van der Waals surface area contributed by atoms with Gasteiger partial charge in [-0.15, -0.1) is 0 Å². The van der Waals surface area contributed by atoms with E-state index in [1.807, 2.05) is 67.6 Å². The highest BCUT2D eigenvalue weighted by Crippen LogP contribution is 2.22. The van der Waals surface area contributed by atoms with Crippen LogP contribution < -0.4 is 5.32 Å². The smallest absolute Gasteiger partial charge is 0.293 e. The van der Waals surface area contributed by atoms with E-state index in [0.29, 0.717) is 29.2 Å². The van der Waals surface area contributed by atoms with Crippen LogP contribution in [0.25, 0.3) is 16.9 Å². The van der Waals surface area contributed by atoms with Crippen LogP contribution in [0.15, 0.2) is 66.9 Å². The summed E-state index contributed by atoms with van der Waals surface area (Å²) in [6.45, 7) is 5.47. The molecule has 0 bridgehead atoms. The first-order chi connectivity index (χ1) is 15.5. The van der Waals surface area contributed by atoms with Gasteiger partial charge in [0.2, 0.25) is 0 Å². The third-order valence-corrected chi connectivity index (χ3v) is 5.45. The van der Waals surface area contributed by atoms with Crippen LogP contribution in [-0.2, 0) is 4.79 Å². The highest BCUT2D eigenvalue weighted by atomic mass is 16.2. The number of hydrogen-bond acceptors (Lipinski definition) is 4. The molecule has 2 heterocycles. The number of aromatic amines is 1. The topological polar surface area (TPSA) is 92.7 Å². The van der Waals surface area contributed by atoms with Crippen LogP contribution in [0, 0.1) is 13.8 Å². The van der Waals surface area contributed by atoms with E-state index in [-0.39, 0.29) is 0 Å². The molecule has 0 aliphatic heterocycles. The van der Waals surface area contributed by atoms with Crippen LogP contribution in [0.1, 0.15) is 47.0 Å². The molecule has 4 rings (SSSR count). The summed E-state index contributed by atoms with van der Waals surface area (Å²) in [5, 5.41) is 7.31. The summed E-state index contributed by atoms with van der Waals surface area (Å²) in [7, 11) is 0. The molecule has 2 aromatic heterocycles. The molecular weight excluding hydrogens is 402 g/mol. The van der Waals surface area contributed by atoms with Crippen molar-refractivity contribution in [1.82, 2.24) is 25.1 Å². The van der Waals surface area contributed by atoms with Crippen molar-refractivity contribution in [2.24, 2.45) is 0 Å². The van der Waals surface area contributed by atoms with Gasteiger partial charge in [0, 0.05) is 0 Å². The molecule has 0 saturated carbocycles. The Bertz CT molecular complexity index is 1240. The number of nitrogens with zero attached hydrogens (tertiary/aromatic N) is 3. The Morgan fingerprint density at radius 3 is 2.34 bits per heavy atom. The predicted molar refractivity (Wildman–Crippen MR) is 123 cm³/mol. The summed E-state index contributed by atoms with van der Waals surface area (Å²) in [6.07, 6.45) is 2.32. The number of aromatic nitrogens is 4. The Kier molecular flexibility index (Phi) is 5.98. The third kappa shape index (κ3) is 4.09. The maximum absolute atomic E-state index is 13.0. The summed E-state index contributed by atoms with van der Waals surface area (Å²) < 4.78 is 1.69. The van der Waals surface area contributed by atoms with Crippen LogP contribution in [0.3, 0.4) is 0 Å². The number of ketones is 1. The van der Waals surface area contributed by atoms with Crippen molar-refractivity contribution in [3.05, 3.63) is 89.6 Å². The first-order valence-corrected chi connectivity index (χ1v) is 10.6. The number of para-hydroxylation sites is 1. The molecule has 1 unspecified atom stereocenters. The van der Waals surface area contributed by atoms with Gasteiger partial charge in [0.05, 0.1) is 40.6 Å². The molecule has 1 atom stereocenters. The molecule has 7 nitrogen and oxygen atoms in total. The normalized spacial score (nSPS) is 11.8. The Labute approximate surface area is 186 Å². The van der Waals surface area contributed by atoms with E-state index in [1.165, 1.54) is 0 Å². The maximum Gasteiger partial charge on any atom is 0.293 e. The molecule has 0 fully saturated rings. The summed E-state index contributed by atoms with van der Waals surface area (Å²) in [6, 6.07) is 18.9. The average molecular weight is 428 g/mol. The fourth-order valence-electron chi connectivity index (χ4n) is 3.77. The van der Waals surface area contributed by atoms with Gasteiger partial charge in [-0.05, 0) is 38.0 Å². The lowest BCUT2D eigenvalue weighted by Gasteiger charge is -2.14. The largest absolute Gasteiger partial charge is 0.340 e. The Morgan fingerprint density at radius 1 is 1.03 bits per heavy atom. The molecule has 0 saturated heterocycles. The second kappa shape index (κ2) is 9.01. The van der Waals surface area contributed by atoms with Gasteiger partial charge < -0.3 is 10.3 Å². The molecule has 2 N–H and O–H groups in total. The van der Waals surface area contributed by atoms with Gasteiger partial charge in [0.25, 0.3) is 11.7 Å². The van der Waals surface area contributed by atoms with Gasteiger partial charge in [0.15, 0.2) is 0 Å². The Balaban J connectivity index is 1.54.